The molecule has 1 atom stereocenters. The van der Waals surface area contributed by atoms with Crippen LogP contribution in [-0.4, -0.2) is 76.1 Å². The van der Waals surface area contributed by atoms with Crippen molar-refractivity contribution < 1.29 is 13.9 Å². The highest BCUT2D eigenvalue weighted by atomic mass is 16.5. The van der Waals surface area contributed by atoms with E-state index in [0.29, 0.717) is 6.10 Å². The van der Waals surface area contributed by atoms with Crippen molar-refractivity contribution in [1.82, 2.24) is 15.5 Å². The van der Waals surface area contributed by atoms with Crippen molar-refractivity contribution >= 4 is 5.96 Å². The molecule has 0 radical (unpaired) electrons. The molecule has 0 aliphatic carbocycles. The third-order valence-corrected chi connectivity index (χ3v) is 5.30. The summed E-state index contributed by atoms with van der Waals surface area (Å²) >= 11 is 0. The molecule has 2 aliphatic rings. The molecule has 0 amide bonds. The number of rotatable bonds is 10. The summed E-state index contributed by atoms with van der Waals surface area (Å²) in [6.07, 6.45) is 8.91. The lowest BCUT2D eigenvalue weighted by Gasteiger charge is -2.26. The van der Waals surface area contributed by atoms with Gasteiger partial charge >= 0.3 is 0 Å². The van der Waals surface area contributed by atoms with Gasteiger partial charge in [0.2, 0.25) is 0 Å². The third kappa shape index (κ3) is 8.20. The number of nitrogens with one attached hydrogen (secondary N) is 2. The number of aliphatic imine (C=N–C) groups is 1. The Balaban J connectivity index is 1.37. The third-order valence-electron chi connectivity index (χ3n) is 5.30. The Morgan fingerprint density at radius 2 is 2.04 bits per heavy atom. The van der Waals surface area contributed by atoms with Crippen LogP contribution in [0.2, 0.25) is 0 Å². The number of nitrogens with zero attached hydrogens (tertiary/aromatic N) is 2. The molecule has 3 rings (SSSR count). The van der Waals surface area contributed by atoms with E-state index in [0.717, 1.165) is 90.1 Å². The number of guanidine groups is 1. The van der Waals surface area contributed by atoms with Crippen molar-refractivity contribution in [3.8, 4) is 0 Å². The largest absolute Gasteiger partial charge is 0.469 e. The number of furan rings is 1. The van der Waals surface area contributed by atoms with Crippen LogP contribution in [0.5, 0.6) is 0 Å². The van der Waals surface area contributed by atoms with Gasteiger partial charge < -0.3 is 24.5 Å². The molecule has 0 aromatic carbocycles. The second-order valence-electron chi connectivity index (χ2n) is 7.50. The number of ether oxygens (including phenoxy) is 2. The summed E-state index contributed by atoms with van der Waals surface area (Å²) in [4.78, 5) is 7.20. The summed E-state index contributed by atoms with van der Waals surface area (Å²) in [6, 6.07) is 3.94. The van der Waals surface area contributed by atoms with E-state index in [9.17, 15) is 0 Å². The van der Waals surface area contributed by atoms with Gasteiger partial charge in [-0.25, -0.2) is 0 Å². The second-order valence-corrected chi connectivity index (χ2v) is 7.50. The van der Waals surface area contributed by atoms with Gasteiger partial charge in [0.25, 0.3) is 0 Å². The molecular weight excluding hydrogens is 356 g/mol. The average molecular weight is 393 g/mol. The van der Waals surface area contributed by atoms with E-state index in [2.05, 4.69) is 15.5 Å². The molecule has 7 nitrogen and oxygen atoms in total. The Bertz CT molecular complexity index is 538. The highest BCUT2D eigenvalue weighted by molar-refractivity contribution is 5.79. The lowest BCUT2D eigenvalue weighted by atomic mass is 10.1. The summed E-state index contributed by atoms with van der Waals surface area (Å²) in [5.41, 5.74) is 0. The predicted molar refractivity (Wildman–Crippen MR) is 111 cm³/mol. The molecule has 2 saturated heterocycles. The van der Waals surface area contributed by atoms with Crippen LogP contribution in [0.3, 0.4) is 0 Å². The highest BCUT2D eigenvalue weighted by Gasteiger charge is 2.13. The summed E-state index contributed by atoms with van der Waals surface area (Å²) in [7, 11) is 0. The van der Waals surface area contributed by atoms with Gasteiger partial charge in [-0.15, -0.1) is 0 Å². The zero-order valence-electron chi connectivity index (χ0n) is 17.0. The van der Waals surface area contributed by atoms with Crippen molar-refractivity contribution in [2.24, 2.45) is 4.99 Å². The van der Waals surface area contributed by atoms with E-state index in [4.69, 9.17) is 18.9 Å². The Morgan fingerprint density at radius 3 is 2.82 bits per heavy atom. The van der Waals surface area contributed by atoms with Gasteiger partial charge in [0, 0.05) is 52.3 Å². The van der Waals surface area contributed by atoms with Crippen molar-refractivity contribution in [2.45, 2.75) is 44.6 Å². The molecule has 2 fully saturated rings. The van der Waals surface area contributed by atoms with Gasteiger partial charge in [0.15, 0.2) is 5.96 Å². The monoisotopic (exact) mass is 392 g/mol. The Morgan fingerprint density at radius 1 is 1.14 bits per heavy atom. The summed E-state index contributed by atoms with van der Waals surface area (Å²) in [6.45, 7) is 8.17. The second kappa shape index (κ2) is 12.8. The summed E-state index contributed by atoms with van der Waals surface area (Å²) in [5.74, 6) is 1.89. The van der Waals surface area contributed by atoms with Crippen molar-refractivity contribution in [3.63, 3.8) is 0 Å². The minimum absolute atomic E-state index is 0.439. The normalized spacial score (nSPS) is 21.6. The van der Waals surface area contributed by atoms with Crippen molar-refractivity contribution in [1.29, 1.82) is 0 Å². The first-order valence-corrected chi connectivity index (χ1v) is 10.9. The molecule has 0 saturated carbocycles. The predicted octanol–water partition coefficient (Wildman–Crippen LogP) is 2.04. The van der Waals surface area contributed by atoms with Crippen molar-refractivity contribution in [2.75, 3.05) is 59.1 Å². The lowest BCUT2D eigenvalue weighted by molar-refractivity contribution is 0.0105. The molecule has 3 heterocycles. The molecule has 1 aromatic rings. The van der Waals surface area contributed by atoms with Crippen LogP contribution in [-0.2, 0) is 15.9 Å². The Hall–Kier alpha value is -1.57. The number of hydrogen-bond acceptors (Lipinski definition) is 5. The van der Waals surface area contributed by atoms with Crippen LogP contribution < -0.4 is 10.6 Å². The van der Waals surface area contributed by atoms with Gasteiger partial charge in [-0.2, -0.15) is 0 Å². The average Bonchev–Trinajstić information content (AvgIpc) is 3.26. The molecule has 28 heavy (non-hydrogen) atoms. The maximum atomic E-state index is 5.82. The standard InChI is InChI=1S/C21H36N4O3/c1-2-15-27-19(5-1)6-3-9-22-21(23-10-8-20-7-4-16-28-20)24-11-12-25-13-17-26-18-14-25/h4,7,16,19H,1-3,5-6,8-15,17-18H2,(H2,22,23,24). The first-order valence-electron chi connectivity index (χ1n) is 10.9. The minimum atomic E-state index is 0.439. The van der Waals surface area contributed by atoms with E-state index < -0.39 is 0 Å². The van der Waals surface area contributed by atoms with Crippen LogP contribution in [0.15, 0.2) is 27.8 Å². The van der Waals surface area contributed by atoms with Gasteiger partial charge in [-0.05, 0) is 44.2 Å². The molecule has 158 valence electrons. The smallest absolute Gasteiger partial charge is 0.191 e. The van der Waals surface area contributed by atoms with E-state index in [1.54, 1.807) is 6.26 Å². The van der Waals surface area contributed by atoms with E-state index >= 15 is 0 Å². The SMILES string of the molecule is c1coc(CCNC(=NCCCC2CCCCO2)NCCN2CCOCC2)c1. The van der Waals surface area contributed by atoms with Crippen LogP contribution in [0.4, 0.5) is 0 Å². The van der Waals surface area contributed by atoms with Gasteiger partial charge in [0.1, 0.15) is 5.76 Å². The molecule has 2 N–H and O–H groups in total. The number of hydrogen-bond donors (Lipinski definition) is 2. The van der Waals surface area contributed by atoms with Crippen LogP contribution in [0.25, 0.3) is 0 Å². The molecule has 2 aliphatic heterocycles. The maximum absolute atomic E-state index is 5.82. The molecule has 0 bridgehead atoms. The van der Waals surface area contributed by atoms with Crippen LogP contribution in [0, 0.1) is 0 Å². The van der Waals surface area contributed by atoms with Crippen molar-refractivity contribution in [3.05, 3.63) is 24.2 Å². The topological polar surface area (TPSA) is 71.3 Å². The Labute approximate surface area is 168 Å². The first-order chi connectivity index (χ1) is 13.9. The molecule has 1 unspecified atom stereocenters. The first kappa shape index (κ1) is 21.1. The Kier molecular flexibility index (Phi) is 9.67. The lowest BCUT2D eigenvalue weighted by Crippen LogP contribution is -2.44. The molecule has 0 spiro atoms. The fourth-order valence-electron chi connectivity index (χ4n) is 3.64. The minimum Gasteiger partial charge on any atom is -0.469 e. The van der Waals surface area contributed by atoms with Crippen LogP contribution >= 0.6 is 0 Å². The molecule has 7 heteroatoms. The fraction of sp³-hybridized carbons (Fsp3) is 0.762. The van der Waals surface area contributed by atoms with Crippen LogP contribution in [0.1, 0.15) is 37.9 Å². The quantitative estimate of drug-likeness (QED) is 0.361. The van der Waals surface area contributed by atoms with E-state index in [1.807, 2.05) is 12.1 Å². The molecule has 1 aromatic heterocycles. The van der Waals surface area contributed by atoms with Gasteiger partial charge in [0.05, 0.1) is 25.6 Å². The molecular formula is C21H36N4O3. The highest BCUT2D eigenvalue weighted by Crippen LogP contribution is 2.16. The maximum Gasteiger partial charge on any atom is 0.191 e. The number of morpholine rings is 1. The summed E-state index contributed by atoms with van der Waals surface area (Å²) in [5, 5.41) is 6.92. The van der Waals surface area contributed by atoms with E-state index in [1.165, 1.54) is 19.3 Å². The van der Waals surface area contributed by atoms with Gasteiger partial charge in [-0.1, -0.05) is 0 Å². The van der Waals surface area contributed by atoms with E-state index in [-0.39, 0.29) is 0 Å². The summed E-state index contributed by atoms with van der Waals surface area (Å²) < 4.78 is 16.6. The zero-order chi connectivity index (χ0) is 19.3. The van der Waals surface area contributed by atoms with Gasteiger partial charge in [-0.3, -0.25) is 9.89 Å². The fourth-order valence-corrected chi connectivity index (χ4v) is 3.64. The zero-order valence-corrected chi connectivity index (χ0v) is 17.0.